The number of aromatic nitrogens is 1. The van der Waals surface area contributed by atoms with Crippen LogP contribution in [-0.4, -0.2) is 48.5 Å². The molecule has 5 rings (SSSR count). The van der Waals surface area contributed by atoms with Gasteiger partial charge >= 0.3 is 0 Å². The summed E-state index contributed by atoms with van der Waals surface area (Å²) in [5.74, 6) is 0.943. The van der Waals surface area contributed by atoms with E-state index in [0.717, 1.165) is 85.6 Å². The Bertz CT molecular complexity index is 1180. The van der Waals surface area contributed by atoms with Crippen molar-refractivity contribution in [2.45, 2.75) is 51.3 Å². The van der Waals surface area contributed by atoms with E-state index >= 15 is 0 Å². The largest absolute Gasteiger partial charge is 0.490 e. The van der Waals surface area contributed by atoms with Crippen LogP contribution in [0.1, 0.15) is 43.9 Å². The Labute approximate surface area is 213 Å². The zero-order valence-electron chi connectivity index (χ0n) is 21.1. The maximum atomic E-state index is 14.4. The van der Waals surface area contributed by atoms with E-state index in [2.05, 4.69) is 53.2 Å². The minimum atomic E-state index is -0.767. The van der Waals surface area contributed by atoms with Gasteiger partial charge in [-0.3, -0.25) is 0 Å². The van der Waals surface area contributed by atoms with Crippen molar-refractivity contribution in [2.75, 3.05) is 26.3 Å². The fraction of sp³-hybridized carbons (Fsp3) is 0.433. The van der Waals surface area contributed by atoms with Crippen LogP contribution in [-0.2, 0) is 15.9 Å². The first-order valence-corrected chi connectivity index (χ1v) is 13.1. The number of halogens is 1. The summed E-state index contributed by atoms with van der Waals surface area (Å²) < 4.78 is 26.0. The Balaban J connectivity index is 1.33. The maximum absolute atomic E-state index is 14.4. The van der Waals surface area contributed by atoms with Gasteiger partial charge in [0.25, 0.3) is 0 Å². The molecule has 0 aliphatic carbocycles. The molecule has 0 amide bonds. The average Bonchev–Trinajstić information content (AvgIpc) is 2.90. The lowest BCUT2D eigenvalue weighted by Gasteiger charge is -2.29. The molecule has 0 radical (unpaired) electrons. The molecular formula is C30H36FN3O2. The van der Waals surface area contributed by atoms with E-state index < -0.39 is 6.17 Å². The molecule has 2 aromatic rings. The number of para-hydroxylation sites is 1. The van der Waals surface area contributed by atoms with E-state index in [1.807, 2.05) is 25.3 Å². The molecule has 2 fully saturated rings. The van der Waals surface area contributed by atoms with Crippen LogP contribution in [0.5, 0.6) is 0 Å². The number of benzene rings is 1. The lowest BCUT2D eigenvalue weighted by molar-refractivity contribution is -0.00102. The second kappa shape index (κ2) is 11.4. The number of nitrogens with zero attached hydrogens (tertiary/aromatic N) is 2. The number of hydrogen-bond acceptors (Lipinski definition) is 5. The van der Waals surface area contributed by atoms with Crippen LogP contribution in [0.15, 0.2) is 72.8 Å². The lowest BCUT2D eigenvalue weighted by atomic mass is 9.89. The van der Waals surface area contributed by atoms with Gasteiger partial charge in [-0.25, -0.2) is 9.37 Å². The fourth-order valence-electron chi connectivity index (χ4n) is 5.32. The molecule has 6 heteroatoms. The predicted molar refractivity (Wildman–Crippen MR) is 143 cm³/mol. The number of ether oxygens (including phenoxy) is 2. The molecule has 3 aliphatic rings. The number of piperidine rings is 1. The normalized spacial score (nSPS) is 23.7. The molecule has 1 aromatic carbocycles. The first-order chi connectivity index (χ1) is 17.6. The highest BCUT2D eigenvalue weighted by Crippen LogP contribution is 2.31. The van der Waals surface area contributed by atoms with Crippen LogP contribution >= 0.6 is 0 Å². The van der Waals surface area contributed by atoms with Crippen molar-refractivity contribution in [1.82, 2.24) is 15.2 Å². The molecule has 5 nitrogen and oxygen atoms in total. The third-order valence-electron chi connectivity index (χ3n) is 7.40. The summed E-state index contributed by atoms with van der Waals surface area (Å²) in [5.41, 5.74) is 4.86. The Hall–Kier alpha value is -2.96. The molecule has 1 N–H and O–H groups in total. The van der Waals surface area contributed by atoms with Crippen LogP contribution < -0.4 is 5.32 Å². The first-order valence-electron chi connectivity index (χ1n) is 13.1. The summed E-state index contributed by atoms with van der Waals surface area (Å²) in [6, 6.07) is 10.5. The van der Waals surface area contributed by atoms with E-state index in [9.17, 15) is 4.39 Å². The van der Waals surface area contributed by atoms with Gasteiger partial charge in [0.15, 0.2) is 0 Å². The number of hydrogen-bond donors (Lipinski definition) is 1. The number of nitrogens with one attached hydrogen (secondary N) is 1. The molecule has 190 valence electrons. The number of alkyl halides is 1. The van der Waals surface area contributed by atoms with Crippen LogP contribution in [0.3, 0.4) is 0 Å². The summed E-state index contributed by atoms with van der Waals surface area (Å²) in [6.07, 6.45) is 11.9. The summed E-state index contributed by atoms with van der Waals surface area (Å²) in [7, 11) is 0. The summed E-state index contributed by atoms with van der Waals surface area (Å²) in [6.45, 7) is 9.17. The van der Waals surface area contributed by atoms with E-state index in [1.54, 1.807) is 0 Å². The molecule has 3 aliphatic heterocycles. The molecule has 4 heterocycles. The van der Waals surface area contributed by atoms with Gasteiger partial charge in [-0.15, -0.1) is 0 Å². The second-order valence-corrected chi connectivity index (χ2v) is 9.82. The third kappa shape index (κ3) is 5.55. The average molecular weight is 490 g/mol. The standard InChI is InChI=1S/C30H36FN3O2/c1-3-29(34-16-12-26(19-21(34)2)36-25-13-17-35-18-14-25)28-10-9-24-6-4-5-23(30(24)33-28)8-7-22-11-15-32-20-27(22)31/h3-6,9-10,12,16,19,22,25,27,32H,2,7-8,11,13-15,17-18,20H2,1H3/b29-3-/t22-,27?/m0/s1. The predicted octanol–water partition coefficient (Wildman–Crippen LogP) is 5.90. The molecular weight excluding hydrogens is 453 g/mol. The van der Waals surface area contributed by atoms with Crippen molar-refractivity contribution in [1.29, 1.82) is 0 Å². The van der Waals surface area contributed by atoms with Gasteiger partial charge in [0, 0.05) is 42.7 Å². The van der Waals surface area contributed by atoms with Crippen molar-refractivity contribution >= 4 is 16.6 Å². The van der Waals surface area contributed by atoms with Gasteiger partial charge in [-0.1, -0.05) is 36.9 Å². The molecule has 1 aromatic heterocycles. The summed E-state index contributed by atoms with van der Waals surface area (Å²) in [5, 5.41) is 4.25. The molecule has 0 bridgehead atoms. The van der Waals surface area contributed by atoms with Crippen molar-refractivity contribution in [3.63, 3.8) is 0 Å². The number of rotatable bonds is 7. The summed E-state index contributed by atoms with van der Waals surface area (Å²) >= 11 is 0. The lowest BCUT2D eigenvalue weighted by Crippen LogP contribution is -2.38. The van der Waals surface area contributed by atoms with E-state index in [-0.39, 0.29) is 12.0 Å². The van der Waals surface area contributed by atoms with Crippen LogP contribution in [0, 0.1) is 5.92 Å². The molecule has 0 spiro atoms. The smallest absolute Gasteiger partial charge is 0.123 e. The Morgan fingerprint density at radius 2 is 2.11 bits per heavy atom. The van der Waals surface area contributed by atoms with Crippen molar-refractivity contribution in [3.05, 3.63) is 84.1 Å². The quantitative estimate of drug-likeness (QED) is 0.525. The molecule has 2 saturated heterocycles. The Kier molecular flexibility index (Phi) is 7.83. The van der Waals surface area contributed by atoms with Gasteiger partial charge in [0.2, 0.25) is 0 Å². The van der Waals surface area contributed by atoms with Crippen molar-refractivity contribution in [2.24, 2.45) is 5.92 Å². The number of fused-ring (bicyclic) bond motifs is 1. The van der Waals surface area contributed by atoms with E-state index in [0.29, 0.717) is 6.54 Å². The topological polar surface area (TPSA) is 46.6 Å². The van der Waals surface area contributed by atoms with Crippen LogP contribution in [0.2, 0.25) is 0 Å². The van der Waals surface area contributed by atoms with Gasteiger partial charge < -0.3 is 19.7 Å². The van der Waals surface area contributed by atoms with Gasteiger partial charge in [0.1, 0.15) is 18.0 Å². The Morgan fingerprint density at radius 3 is 2.89 bits per heavy atom. The molecule has 36 heavy (non-hydrogen) atoms. The SMILES string of the molecule is C=C1C=C(OC2CCOCC2)C=CN1/C(=C\C)c1ccc2cccc(CC[C@H]3CCNCC3F)c2n1. The van der Waals surface area contributed by atoms with Crippen LogP contribution in [0.25, 0.3) is 16.6 Å². The van der Waals surface area contributed by atoms with Gasteiger partial charge in [-0.05, 0) is 56.4 Å². The molecule has 0 saturated carbocycles. The van der Waals surface area contributed by atoms with Gasteiger partial charge in [-0.2, -0.15) is 0 Å². The second-order valence-electron chi connectivity index (χ2n) is 9.82. The van der Waals surface area contributed by atoms with Crippen molar-refractivity contribution < 1.29 is 13.9 Å². The van der Waals surface area contributed by atoms with Crippen LogP contribution in [0.4, 0.5) is 4.39 Å². The first kappa shape index (κ1) is 24.7. The minimum absolute atomic E-state index is 0.113. The summed E-state index contributed by atoms with van der Waals surface area (Å²) in [4.78, 5) is 7.15. The minimum Gasteiger partial charge on any atom is -0.490 e. The number of allylic oxidation sites excluding steroid dienone is 3. The van der Waals surface area contributed by atoms with Gasteiger partial charge in [0.05, 0.1) is 30.1 Å². The zero-order chi connectivity index (χ0) is 24.9. The van der Waals surface area contributed by atoms with E-state index in [4.69, 9.17) is 14.5 Å². The monoisotopic (exact) mass is 489 g/mol. The third-order valence-corrected chi connectivity index (χ3v) is 7.40. The highest BCUT2D eigenvalue weighted by molar-refractivity contribution is 5.84. The highest BCUT2D eigenvalue weighted by atomic mass is 19.1. The Morgan fingerprint density at radius 1 is 1.25 bits per heavy atom. The number of pyridine rings is 1. The number of aryl methyl sites for hydroxylation is 1. The molecule has 1 unspecified atom stereocenters. The zero-order valence-corrected chi connectivity index (χ0v) is 21.1. The van der Waals surface area contributed by atoms with Crippen molar-refractivity contribution in [3.8, 4) is 0 Å². The van der Waals surface area contributed by atoms with E-state index in [1.165, 1.54) is 5.56 Å². The highest BCUT2D eigenvalue weighted by Gasteiger charge is 2.25. The maximum Gasteiger partial charge on any atom is 0.123 e. The fourth-order valence-corrected chi connectivity index (χ4v) is 5.32. The molecule has 2 atom stereocenters.